The number of carbonyl (C=O) groups is 2. The first-order valence-electron chi connectivity index (χ1n) is 8.51. The van der Waals surface area contributed by atoms with Crippen molar-refractivity contribution in [3.8, 4) is 11.1 Å². The standard InChI is InChI=1S/C21H22N2O2/c1-2-19(24)23-21(13-8-14-21)15-20(25)22-18-12-7-6-11-17(18)16-9-4-3-5-10-16/h2-7,9-12H,1,8,13-15H2,(H,22,25)(H,23,24). The van der Waals surface area contributed by atoms with Crippen LogP contribution in [0, 0.1) is 0 Å². The Morgan fingerprint density at radius 1 is 1.04 bits per heavy atom. The molecule has 2 aromatic rings. The van der Waals surface area contributed by atoms with Crippen LogP contribution >= 0.6 is 0 Å². The van der Waals surface area contributed by atoms with Gasteiger partial charge < -0.3 is 10.6 Å². The maximum atomic E-state index is 12.6. The van der Waals surface area contributed by atoms with Gasteiger partial charge in [0, 0.05) is 16.8 Å². The highest BCUT2D eigenvalue weighted by Crippen LogP contribution is 2.36. The molecule has 0 atom stereocenters. The predicted molar refractivity (Wildman–Crippen MR) is 100 cm³/mol. The minimum Gasteiger partial charge on any atom is -0.347 e. The second kappa shape index (κ2) is 7.34. The maximum absolute atomic E-state index is 12.6. The van der Waals surface area contributed by atoms with Crippen molar-refractivity contribution in [1.29, 1.82) is 0 Å². The van der Waals surface area contributed by atoms with Gasteiger partial charge in [0.05, 0.1) is 6.42 Å². The van der Waals surface area contributed by atoms with Gasteiger partial charge in [-0.15, -0.1) is 0 Å². The monoisotopic (exact) mass is 334 g/mol. The van der Waals surface area contributed by atoms with Gasteiger partial charge in [0.2, 0.25) is 11.8 Å². The molecule has 0 spiro atoms. The molecular formula is C21H22N2O2. The van der Waals surface area contributed by atoms with Crippen LogP contribution in [0.5, 0.6) is 0 Å². The lowest BCUT2D eigenvalue weighted by Gasteiger charge is -2.41. The molecule has 0 unspecified atom stereocenters. The summed E-state index contributed by atoms with van der Waals surface area (Å²) in [6.45, 7) is 3.48. The quantitative estimate of drug-likeness (QED) is 0.787. The van der Waals surface area contributed by atoms with Crippen molar-refractivity contribution in [2.24, 2.45) is 0 Å². The van der Waals surface area contributed by atoms with E-state index in [9.17, 15) is 9.59 Å². The highest BCUT2D eigenvalue weighted by molar-refractivity contribution is 5.96. The van der Waals surface area contributed by atoms with Gasteiger partial charge in [0.25, 0.3) is 0 Å². The second-order valence-electron chi connectivity index (χ2n) is 6.46. The molecule has 0 heterocycles. The van der Waals surface area contributed by atoms with Crippen molar-refractivity contribution in [3.05, 3.63) is 67.3 Å². The second-order valence-corrected chi connectivity index (χ2v) is 6.46. The summed E-state index contributed by atoms with van der Waals surface area (Å²) in [7, 11) is 0. The lowest BCUT2D eigenvalue weighted by Crippen LogP contribution is -2.54. The van der Waals surface area contributed by atoms with Gasteiger partial charge in [-0.2, -0.15) is 0 Å². The Hall–Kier alpha value is -2.88. The molecule has 0 aromatic heterocycles. The van der Waals surface area contributed by atoms with E-state index < -0.39 is 5.54 Å². The average Bonchev–Trinajstić information content (AvgIpc) is 2.61. The Labute approximate surface area is 148 Å². The molecule has 3 rings (SSSR count). The summed E-state index contributed by atoms with van der Waals surface area (Å²) in [4.78, 5) is 24.2. The van der Waals surface area contributed by atoms with Crippen LogP contribution in [-0.2, 0) is 9.59 Å². The van der Waals surface area contributed by atoms with Crippen LogP contribution in [-0.4, -0.2) is 17.4 Å². The van der Waals surface area contributed by atoms with Crippen LogP contribution in [0.25, 0.3) is 11.1 Å². The van der Waals surface area contributed by atoms with Crippen LogP contribution in [0.1, 0.15) is 25.7 Å². The number of para-hydroxylation sites is 1. The molecule has 0 radical (unpaired) electrons. The third kappa shape index (κ3) is 3.97. The molecule has 1 aliphatic carbocycles. The zero-order valence-corrected chi connectivity index (χ0v) is 14.1. The number of amides is 2. The predicted octanol–water partition coefficient (Wildman–Crippen LogP) is 3.91. The fourth-order valence-electron chi connectivity index (χ4n) is 3.23. The third-order valence-corrected chi connectivity index (χ3v) is 4.67. The Balaban J connectivity index is 1.73. The number of nitrogens with one attached hydrogen (secondary N) is 2. The van der Waals surface area contributed by atoms with Crippen molar-refractivity contribution in [1.82, 2.24) is 5.32 Å². The fourth-order valence-corrected chi connectivity index (χ4v) is 3.23. The average molecular weight is 334 g/mol. The first kappa shape index (κ1) is 17.0. The molecule has 2 N–H and O–H groups in total. The summed E-state index contributed by atoms with van der Waals surface area (Å²) in [5.41, 5.74) is 2.38. The van der Waals surface area contributed by atoms with Crippen LogP contribution in [0.15, 0.2) is 67.3 Å². The van der Waals surface area contributed by atoms with Crippen LogP contribution in [0.2, 0.25) is 0 Å². The Kier molecular flexibility index (Phi) is 4.98. The Morgan fingerprint density at radius 2 is 1.72 bits per heavy atom. The van der Waals surface area contributed by atoms with Crippen LogP contribution in [0.3, 0.4) is 0 Å². The molecule has 25 heavy (non-hydrogen) atoms. The Morgan fingerprint density at radius 3 is 2.36 bits per heavy atom. The molecule has 0 aliphatic heterocycles. The molecule has 4 heteroatoms. The van der Waals surface area contributed by atoms with E-state index in [1.807, 2.05) is 54.6 Å². The number of hydrogen-bond donors (Lipinski definition) is 2. The number of rotatable bonds is 6. The zero-order valence-electron chi connectivity index (χ0n) is 14.1. The highest BCUT2D eigenvalue weighted by atomic mass is 16.2. The zero-order chi connectivity index (χ0) is 17.7. The van der Waals surface area contributed by atoms with E-state index in [1.165, 1.54) is 6.08 Å². The van der Waals surface area contributed by atoms with Crippen molar-refractivity contribution in [3.63, 3.8) is 0 Å². The summed E-state index contributed by atoms with van der Waals surface area (Å²) in [6, 6.07) is 17.7. The first-order chi connectivity index (χ1) is 12.1. The van der Waals surface area contributed by atoms with Gasteiger partial charge >= 0.3 is 0 Å². The molecule has 128 valence electrons. The third-order valence-electron chi connectivity index (χ3n) is 4.67. The van der Waals surface area contributed by atoms with Gasteiger partial charge in [-0.1, -0.05) is 55.1 Å². The molecule has 4 nitrogen and oxygen atoms in total. The van der Waals surface area contributed by atoms with E-state index in [4.69, 9.17) is 0 Å². The van der Waals surface area contributed by atoms with Crippen LogP contribution < -0.4 is 10.6 Å². The van der Waals surface area contributed by atoms with Crippen molar-refractivity contribution in [2.75, 3.05) is 5.32 Å². The number of carbonyl (C=O) groups excluding carboxylic acids is 2. The van der Waals surface area contributed by atoms with Gasteiger partial charge in [0.1, 0.15) is 0 Å². The first-order valence-corrected chi connectivity index (χ1v) is 8.51. The van der Waals surface area contributed by atoms with E-state index in [0.29, 0.717) is 0 Å². The molecule has 2 aromatic carbocycles. The van der Waals surface area contributed by atoms with E-state index >= 15 is 0 Å². The van der Waals surface area contributed by atoms with Crippen molar-refractivity contribution < 1.29 is 9.59 Å². The Bertz CT molecular complexity index is 779. The normalized spacial score (nSPS) is 14.9. The van der Waals surface area contributed by atoms with Crippen molar-refractivity contribution in [2.45, 2.75) is 31.2 Å². The maximum Gasteiger partial charge on any atom is 0.243 e. The van der Waals surface area contributed by atoms with Gasteiger partial charge in [0.15, 0.2) is 0 Å². The summed E-state index contributed by atoms with van der Waals surface area (Å²) in [6.07, 6.45) is 4.18. The number of benzene rings is 2. The summed E-state index contributed by atoms with van der Waals surface area (Å²) in [5, 5.41) is 5.93. The fraction of sp³-hybridized carbons (Fsp3) is 0.238. The van der Waals surface area contributed by atoms with Gasteiger partial charge in [-0.25, -0.2) is 0 Å². The topological polar surface area (TPSA) is 58.2 Å². The smallest absolute Gasteiger partial charge is 0.243 e. The van der Waals surface area contributed by atoms with Gasteiger partial charge in [-0.05, 0) is 37.0 Å². The molecule has 1 fully saturated rings. The van der Waals surface area contributed by atoms with Crippen LogP contribution in [0.4, 0.5) is 5.69 Å². The lowest BCUT2D eigenvalue weighted by atomic mass is 9.74. The SMILES string of the molecule is C=CC(=O)NC1(CC(=O)Nc2ccccc2-c2ccccc2)CCC1. The van der Waals surface area contributed by atoms with E-state index in [2.05, 4.69) is 17.2 Å². The summed E-state index contributed by atoms with van der Waals surface area (Å²) >= 11 is 0. The molecular weight excluding hydrogens is 312 g/mol. The molecule has 0 saturated heterocycles. The molecule has 1 aliphatic rings. The molecule has 1 saturated carbocycles. The summed E-state index contributed by atoms with van der Waals surface area (Å²) < 4.78 is 0. The van der Waals surface area contributed by atoms with Crippen molar-refractivity contribution >= 4 is 17.5 Å². The van der Waals surface area contributed by atoms with E-state index in [1.54, 1.807) is 0 Å². The van der Waals surface area contributed by atoms with Gasteiger partial charge in [-0.3, -0.25) is 9.59 Å². The lowest BCUT2D eigenvalue weighted by molar-refractivity contribution is -0.122. The highest BCUT2D eigenvalue weighted by Gasteiger charge is 2.39. The molecule has 2 amide bonds. The number of hydrogen-bond acceptors (Lipinski definition) is 2. The molecule has 0 bridgehead atoms. The number of anilines is 1. The minimum atomic E-state index is -0.433. The van der Waals surface area contributed by atoms with E-state index in [0.717, 1.165) is 36.1 Å². The van der Waals surface area contributed by atoms with E-state index in [-0.39, 0.29) is 18.2 Å². The largest absolute Gasteiger partial charge is 0.347 e. The summed E-state index contributed by atoms with van der Waals surface area (Å²) in [5.74, 6) is -0.315. The minimum absolute atomic E-state index is 0.0903.